The molecule has 0 aliphatic heterocycles. The second kappa shape index (κ2) is 5.93. The summed E-state index contributed by atoms with van der Waals surface area (Å²) in [6.07, 6.45) is -0.677. The SMILES string of the molecule is COc1cc([C@H](N)[C@H](O)C(C)C)cc(OC)c1O. The lowest BCUT2D eigenvalue weighted by Gasteiger charge is -2.23. The van der Waals surface area contributed by atoms with Crippen molar-refractivity contribution < 1.29 is 19.7 Å². The molecule has 0 amide bonds. The van der Waals surface area contributed by atoms with Gasteiger partial charge in [0.05, 0.1) is 26.4 Å². The van der Waals surface area contributed by atoms with Crippen LogP contribution in [0.25, 0.3) is 0 Å². The zero-order valence-electron chi connectivity index (χ0n) is 11.2. The smallest absolute Gasteiger partial charge is 0.200 e. The fourth-order valence-electron chi connectivity index (χ4n) is 1.72. The maximum Gasteiger partial charge on any atom is 0.200 e. The Morgan fingerprint density at radius 3 is 1.89 bits per heavy atom. The number of hydrogen-bond acceptors (Lipinski definition) is 5. The average molecular weight is 255 g/mol. The molecule has 102 valence electrons. The van der Waals surface area contributed by atoms with E-state index >= 15 is 0 Å². The van der Waals surface area contributed by atoms with E-state index in [4.69, 9.17) is 15.2 Å². The summed E-state index contributed by atoms with van der Waals surface area (Å²) in [5, 5.41) is 19.8. The molecule has 1 aromatic rings. The van der Waals surface area contributed by atoms with Crippen LogP contribution in [0.15, 0.2) is 12.1 Å². The highest BCUT2D eigenvalue weighted by molar-refractivity contribution is 5.53. The lowest BCUT2D eigenvalue weighted by atomic mass is 9.94. The Balaban J connectivity index is 3.17. The summed E-state index contributed by atoms with van der Waals surface area (Å²) < 4.78 is 10.1. The van der Waals surface area contributed by atoms with Crippen LogP contribution in [0, 0.1) is 5.92 Å². The highest BCUT2D eigenvalue weighted by Gasteiger charge is 2.23. The van der Waals surface area contributed by atoms with Gasteiger partial charge in [0, 0.05) is 0 Å². The van der Waals surface area contributed by atoms with Gasteiger partial charge < -0.3 is 25.4 Å². The molecule has 1 aromatic carbocycles. The van der Waals surface area contributed by atoms with Gasteiger partial charge in [-0.05, 0) is 23.6 Å². The van der Waals surface area contributed by atoms with Crippen molar-refractivity contribution in [1.29, 1.82) is 0 Å². The molecule has 0 aromatic heterocycles. The predicted molar refractivity (Wildman–Crippen MR) is 69.0 cm³/mol. The largest absolute Gasteiger partial charge is 0.502 e. The minimum absolute atomic E-state index is 0.0331. The highest BCUT2D eigenvalue weighted by atomic mass is 16.5. The van der Waals surface area contributed by atoms with E-state index in [-0.39, 0.29) is 23.2 Å². The van der Waals surface area contributed by atoms with Gasteiger partial charge in [0.2, 0.25) is 5.75 Å². The first kappa shape index (κ1) is 14.6. The van der Waals surface area contributed by atoms with Crippen molar-refractivity contribution in [2.75, 3.05) is 14.2 Å². The van der Waals surface area contributed by atoms with Gasteiger partial charge in [-0.1, -0.05) is 13.8 Å². The van der Waals surface area contributed by atoms with Crippen LogP contribution in [0.3, 0.4) is 0 Å². The van der Waals surface area contributed by atoms with Crippen molar-refractivity contribution in [2.45, 2.75) is 26.0 Å². The van der Waals surface area contributed by atoms with E-state index in [2.05, 4.69) is 0 Å². The van der Waals surface area contributed by atoms with Crippen LogP contribution in [-0.4, -0.2) is 30.5 Å². The van der Waals surface area contributed by atoms with Gasteiger partial charge in [-0.15, -0.1) is 0 Å². The molecule has 0 aliphatic rings. The van der Waals surface area contributed by atoms with Crippen LogP contribution in [0.5, 0.6) is 17.2 Å². The Bertz CT molecular complexity index is 381. The van der Waals surface area contributed by atoms with Crippen molar-refractivity contribution in [2.24, 2.45) is 11.7 Å². The van der Waals surface area contributed by atoms with Crippen LogP contribution < -0.4 is 15.2 Å². The third kappa shape index (κ3) is 2.86. The highest BCUT2D eigenvalue weighted by Crippen LogP contribution is 2.39. The number of phenols is 1. The van der Waals surface area contributed by atoms with E-state index in [0.29, 0.717) is 5.56 Å². The van der Waals surface area contributed by atoms with Crippen molar-refractivity contribution in [3.05, 3.63) is 17.7 Å². The van der Waals surface area contributed by atoms with Crippen LogP contribution in [0.2, 0.25) is 0 Å². The molecule has 0 saturated carbocycles. The standard InChI is InChI=1S/C13H21NO4/c1-7(2)12(15)11(14)8-5-9(17-3)13(16)10(6-8)18-4/h5-7,11-12,15-16H,14H2,1-4H3/t11-,12+/m0/s1. The van der Waals surface area contributed by atoms with Crippen LogP contribution in [-0.2, 0) is 0 Å². The first-order valence-electron chi connectivity index (χ1n) is 5.80. The van der Waals surface area contributed by atoms with Gasteiger partial charge in [-0.2, -0.15) is 0 Å². The quantitative estimate of drug-likeness (QED) is 0.741. The zero-order valence-corrected chi connectivity index (χ0v) is 11.2. The third-order valence-corrected chi connectivity index (χ3v) is 2.94. The molecule has 0 aliphatic carbocycles. The number of aromatic hydroxyl groups is 1. The Morgan fingerprint density at radius 2 is 1.56 bits per heavy atom. The fourth-order valence-corrected chi connectivity index (χ4v) is 1.72. The lowest BCUT2D eigenvalue weighted by molar-refractivity contribution is 0.0977. The number of ether oxygens (including phenoxy) is 2. The van der Waals surface area contributed by atoms with Crippen molar-refractivity contribution in [3.63, 3.8) is 0 Å². The molecule has 0 heterocycles. The predicted octanol–water partition coefficient (Wildman–Crippen LogP) is 1.43. The topological polar surface area (TPSA) is 84.9 Å². The van der Waals surface area contributed by atoms with Gasteiger partial charge in [-0.25, -0.2) is 0 Å². The number of hydrogen-bond donors (Lipinski definition) is 3. The molecule has 0 spiro atoms. The molecule has 0 unspecified atom stereocenters. The van der Waals surface area contributed by atoms with Gasteiger partial charge >= 0.3 is 0 Å². The van der Waals surface area contributed by atoms with E-state index in [9.17, 15) is 10.2 Å². The Labute approximate surface area is 107 Å². The number of methoxy groups -OCH3 is 2. The maximum absolute atomic E-state index is 9.98. The molecule has 4 N–H and O–H groups in total. The van der Waals surface area contributed by atoms with Gasteiger partial charge in [0.1, 0.15) is 0 Å². The molecular weight excluding hydrogens is 234 g/mol. The summed E-state index contributed by atoms with van der Waals surface area (Å²) in [5.74, 6) is 0.507. The Kier molecular flexibility index (Phi) is 4.81. The normalized spacial score (nSPS) is 14.4. The summed E-state index contributed by atoms with van der Waals surface area (Å²) in [6.45, 7) is 3.78. The number of aliphatic hydroxyl groups is 1. The summed E-state index contributed by atoms with van der Waals surface area (Å²) in [4.78, 5) is 0. The molecule has 18 heavy (non-hydrogen) atoms. The molecule has 0 fully saturated rings. The lowest BCUT2D eigenvalue weighted by Crippen LogP contribution is -2.30. The number of benzene rings is 1. The summed E-state index contributed by atoms with van der Waals surface area (Å²) in [6, 6.07) is 2.65. The zero-order chi connectivity index (χ0) is 13.9. The summed E-state index contributed by atoms with van der Waals surface area (Å²) in [7, 11) is 2.89. The monoisotopic (exact) mass is 255 g/mol. The van der Waals surface area contributed by atoms with E-state index in [1.54, 1.807) is 12.1 Å². The number of phenolic OH excluding ortho intramolecular Hbond substituents is 1. The number of aliphatic hydroxyl groups excluding tert-OH is 1. The van der Waals surface area contributed by atoms with E-state index in [1.807, 2.05) is 13.8 Å². The third-order valence-electron chi connectivity index (χ3n) is 2.94. The first-order valence-corrected chi connectivity index (χ1v) is 5.80. The Morgan fingerprint density at radius 1 is 1.11 bits per heavy atom. The second-order valence-corrected chi connectivity index (χ2v) is 4.53. The summed E-state index contributed by atoms with van der Waals surface area (Å²) >= 11 is 0. The second-order valence-electron chi connectivity index (χ2n) is 4.53. The first-order chi connectivity index (χ1) is 8.42. The molecule has 0 saturated heterocycles. The van der Waals surface area contributed by atoms with Crippen molar-refractivity contribution in [3.8, 4) is 17.2 Å². The van der Waals surface area contributed by atoms with Crippen molar-refractivity contribution >= 4 is 0 Å². The van der Waals surface area contributed by atoms with Gasteiger partial charge in [-0.3, -0.25) is 0 Å². The Hall–Kier alpha value is -1.46. The fraction of sp³-hybridized carbons (Fsp3) is 0.538. The summed E-state index contributed by atoms with van der Waals surface area (Å²) in [5.41, 5.74) is 6.65. The van der Waals surface area contributed by atoms with Gasteiger partial charge in [0.25, 0.3) is 0 Å². The van der Waals surface area contributed by atoms with Crippen LogP contribution in [0.4, 0.5) is 0 Å². The number of nitrogens with two attached hydrogens (primary N) is 1. The number of rotatable bonds is 5. The van der Waals surface area contributed by atoms with Crippen LogP contribution >= 0.6 is 0 Å². The molecule has 0 bridgehead atoms. The van der Waals surface area contributed by atoms with E-state index in [0.717, 1.165) is 0 Å². The molecule has 2 atom stereocenters. The van der Waals surface area contributed by atoms with E-state index in [1.165, 1.54) is 14.2 Å². The molecule has 0 radical (unpaired) electrons. The minimum Gasteiger partial charge on any atom is -0.502 e. The molecule has 5 nitrogen and oxygen atoms in total. The maximum atomic E-state index is 9.98. The van der Waals surface area contributed by atoms with Crippen LogP contribution in [0.1, 0.15) is 25.5 Å². The van der Waals surface area contributed by atoms with Crippen molar-refractivity contribution in [1.82, 2.24) is 0 Å². The average Bonchev–Trinajstić information content (AvgIpc) is 2.37. The van der Waals surface area contributed by atoms with E-state index < -0.39 is 12.1 Å². The van der Waals surface area contributed by atoms with Gasteiger partial charge in [0.15, 0.2) is 11.5 Å². The minimum atomic E-state index is -0.677. The molecule has 1 rings (SSSR count). The molecular formula is C13H21NO4. The molecule has 5 heteroatoms.